The van der Waals surface area contributed by atoms with Gasteiger partial charge in [0, 0.05) is 16.4 Å². The Bertz CT molecular complexity index is 341. The Balaban J connectivity index is 2.04. The third-order valence-electron chi connectivity index (χ3n) is 1.67. The van der Waals surface area contributed by atoms with Gasteiger partial charge in [-0.15, -0.1) is 11.3 Å². The molecule has 68 valence electrons. The van der Waals surface area contributed by atoms with Crippen LogP contribution in [-0.4, -0.2) is 9.36 Å². The summed E-state index contributed by atoms with van der Waals surface area (Å²) in [5, 5.41) is 6.23. The highest BCUT2D eigenvalue weighted by atomic mass is 32.1. The van der Waals surface area contributed by atoms with E-state index < -0.39 is 0 Å². The number of hydrogen-bond acceptors (Lipinski definition) is 5. The van der Waals surface area contributed by atoms with Crippen molar-refractivity contribution >= 4 is 28.0 Å². The molecule has 0 fully saturated rings. The second-order valence-corrected chi connectivity index (χ2v) is 4.39. The number of anilines is 1. The monoisotopic (exact) mass is 211 g/mol. The summed E-state index contributed by atoms with van der Waals surface area (Å²) in [6.07, 6.45) is 1.56. The van der Waals surface area contributed by atoms with Gasteiger partial charge in [-0.05, 0) is 18.4 Å². The maximum absolute atomic E-state index is 4.07. The number of aromatic nitrogens is 2. The summed E-state index contributed by atoms with van der Waals surface area (Å²) < 4.78 is 3.93. The molecule has 0 saturated carbocycles. The van der Waals surface area contributed by atoms with E-state index >= 15 is 0 Å². The highest BCUT2D eigenvalue weighted by Gasteiger charge is 2.06. The lowest BCUT2D eigenvalue weighted by Gasteiger charge is -2.09. The quantitative estimate of drug-likeness (QED) is 0.848. The smallest absolute Gasteiger partial charge is 0.202 e. The Morgan fingerprint density at radius 2 is 2.46 bits per heavy atom. The van der Waals surface area contributed by atoms with E-state index in [0.29, 0.717) is 6.04 Å². The minimum Gasteiger partial charge on any atom is -0.353 e. The van der Waals surface area contributed by atoms with E-state index in [4.69, 9.17) is 0 Å². The Labute approximate surface area is 84.6 Å². The summed E-state index contributed by atoms with van der Waals surface area (Å²) in [6, 6.07) is 4.48. The van der Waals surface area contributed by atoms with Crippen molar-refractivity contribution in [2.24, 2.45) is 0 Å². The van der Waals surface area contributed by atoms with Gasteiger partial charge in [0.15, 0.2) is 0 Å². The standard InChI is InChI=1S/C8H9N3S2/c1-6(7-3-2-4-12-7)11-8-9-5-10-13-8/h2-6H,1H3,(H,9,10,11). The van der Waals surface area contributed by atoms with Gasteiger partial charge >= 0.3 is 0 Å². The van der Waals surface area contributed by atoms with Crippen LogP contribution in [0, 0.1) is 0 Å². The van der Waals surface area contributed by atoms with Crippen LogP contribution in [0.15, 0.2) is 23.8 Å². The molecule has 0 aliphatic heterocycles. The molecule has 2 aromatic rings. The van der Waals surface area contributed by atoms with E-state index in [1.54, 1.807) is 17.7 Å². The van der Waals surface area contributed by atoms with Crippen LogP contribution in [0.25, 0.3) is 0 Å². The van der Waals surface area contributed by atoms with Crippen LogP contribution in [0.1, 0.15) is 17.8 Å². The van der Waals surface area contributed by atoms with Crippen LogP contribution in [0.4, 0.5) is 5.13 Å². The Hall–Kier alpha value is -0.940. The summed E-state index contributed by atoms with van der Waals surface area (Å²) in [5.74, 6) is 0. The Morgan fingerprint density at radius 3 is 3.08 bits per heavy atom. The summed E-state index contributed by atoms with van der Waals surface area (Å²) >= 11 is 3.13. The number of thiophene rings is 1. The largest absolute Gasteiger partial charge is 0.353 e. The molecule has 1 unspecified atom stereocenters. The molecule has 2 rings (SSSR count). The SMILES string of the molecule is CC(Nc1ncns1)c1cccs1. The van der Waals surface area contributed by atoms with Gasteiger partial charge < -0.3 is 5.32 Å². The average Bonchev–Trinajstić information content (AvgIpc) is 2.74. The highest BCUT2D eigenvalue weighted by molar-refractivity contribution is 7.10. The molecule has 0 aliphatic rings. The lowest BCUT2D eigenvalue weighted by atomic mass is 10.3. The van der Waals surface area contributed by atoms with Crippen LogP contribution in [-0.2, 0) is 0 Å². The Morgan fingerprint density at radius 1 is 1.54 bits per heavy atom. The molecular weight excluding hydrogens is 202 g/mol. The minimum atomic E-state index is 0.313. The van der Waals surface area contributed by atoms with Crippen LogP contribution in [0.2, 0.25) is 0 Å². The maximum atomic E-state index is 4.07. The van der Waals surface area contributed by atoms with Gasteiger partial charge in [-0.25, -0.2) is 4.98 Å². The number of nitrogens with zero attached hydrogens (tertiary/aromatic N) is 2. The predicted molar refractivity (Wildman–Crippen MR) is 56.3 cm³/mol. The molecule has 0 aliphatic carbocycles. The molecular formula is C8H9N3S2. The zero-order chi connectivity index (χ0) is 9.10. The van der Waals surface area contributed by atoms with Crippen LogP contribution >= 0.6 is 22.9 Å². The van der Waals surface area contributed by atoms with Crippen LogP contribution in [0.5, 0.6) is 0 Å². The molecule has 0 radical (unpaired) electrons. The van der Waals surface area contributed by atoms with E-state index in [-0.39, 0.29) is 0 Å². The van der Waals surface area contributed by atoms with Gasteiger partial charge in [0.25, 0.3) is 0 Å². The lowest BCUT2D eigenvalue weighted by Crippen LogP contribution is -2.03. The zero-order valence-corrected chi connectivity index (χ0v) is 8.73. The summed E-state index contributed by atoms with van der Waals surface area (Å²) in [4.78, 5) is 5.38. The number of hydrogen-bond donors (Lipinski definition) is 1. The molecule has 1 atom stereocenters. The van der Waals surface area contributed by atoms with E-state index in [0.717, 1.165) is 5.13 Å². The van der Waals surface area contributed by atoms with Gasteiger partial charge in [0.1, 0.15) is 6.33 Å². The lowest BCUT2D eigenvalue weighted by molar-refractivity contribution is 0.904. The maximum Gasteiger partial charge on any atom is 0.202 e. The van der Waals surface area contributed by atoms with Crippen molar-refractivity contribution in [3.05, 3.63) is 28.7 Å². The van der Waals surface area contributed by atoms with Crippen LogP contribution < -0.4 is 5.32 Å². The fourth-order valence-electron chi connectivity index (χ4n) is 1.03. The molecule has 1 N–H and O–H groups in total. The molecule has 0 bridgehead atoms. The van der Waals surface area contributed by atoms with Crippen molar-refractivity contribution in [2.75, 3.05) is 5.32 Å². The first-order valence-corrected chi connectivity index (χ1v) is 5.58. The molecule has 0 aromatic carbocycles. The fourth-order valence-corrected chi connectivity index (χ4v) is 2.28. The Kier molecular flexibility index (Phi) is 2.56. The number of rotatable bonds is 3. The molecule has 2 aromatic heterocycles. The van der Waals surface area contributed by atoms with Gasteiger partial charge in [-0.1, -0.05) is 6.07 Å². The molecule has 5 heteroatoms. The van der Waals surface area contributed by atoms with Crippen molar-refractivity contribution in [1.82, 2.24) is 9.36 Å². The van der Waals surface area contributed by atoms with Crippen molar-refractivity contribution < 1.29 is 0 Å². The van der Waals surface area contributed by atoms with Crippen molar-refractivity contribution in [3.63, 3.8) is 0 Å². The van der Waals surface area contributed by atoms with Crippen molar-refractivity contribution in [3.8, 4) is 0 Å². The minimum absolute atomic E-state index is 0.313. The van der Waals surface area contributed by atoms with Crippen molar-refractivity contribution in [1.29, 1.82) is 0 Å². The normalized spacial score (nSPS) is 12.7. The fraction of sp³-hybridized carbons (Fsp3) is 0.250. The number of nitrogens with one attached hydrogen (secondary N) is 1. The van der Waals surface area contributed by atoms with Gasteiger partial charge in [0.2, 0.25) is 5.13 Å². The van der Waals surface area contributed by atoms with E-state index in [9.17, 15) is 0 Å². The first-order valence-electron chi connectivity index (χ1n) is 3.93. The third-order valence-corrected chi connectivity index (χ3v) is 3.32. The predicted octanol–water partition coefficient (Wildman–Crippen LogP) is 2.77. The summed E-state index contributed by atoms with van der Waals surface area (Å²) in [6.45, 7) is 2.12. The van der Waals surface area contributed by atoms with Crippen LogP contribution in [0.3, 0.4) is 0 Å². The average molecular weight is 211 g/mol. The van der Waals surface area contributed by atoms with Crippen molar-refractivity contribution in [2.45, 2.75) is 13.0 Å². The first kappa shape index (κ1) is 8.65. The summed E-state index contributed by atoms with van der Waals surface area (Å²) in [5.41, 5.74) is 0. The van der Waals surface area contributed by atoms with E-state index in [2.05, 4.69) is 39.1 Å². The molecule has 13 heavy (non-hydrogen) atoms. The molecule has 0 saturated heterocycles. The summed E-state index contributed by atoms with van der Waals surface area (Å²) in [7, 11) is 0. The van der Waals surface area contributed by atoms with E-state index in [1.807, 2.05) is 0 Å². The van der Waals surface area contributed by atoms with Gasteiger partial charge in [-0.3, -0.25) is 0 Å². The molecule has 0 spiro atoms. The second-order valence-electron chi connectivity index (χ2n) is 2.63. The highest BCUT2D eigenvalue weighted by Crippen LogP contribution is 2.22. The topological polar surface area (TPSA) is 37.8 Å². The first-order chi connectivity index (χ1) is 6.36. The molecule has 3 nitrogen and oxygen atoms in total. The molecule has 0 amide bonds. The third kappa shape index (κ3) is 2.05. The van der Waals surface area contributed by atoms with Gasteiger partial charge in [-0.2, -0.15) is 4.37 Å². The molecule has 2 heterocycles. The second kappa shape index (κ2) is 3.85. The van der Waals surface area contributed by atoms with E-state index in [1.165, 1.54) is 16.4 Å². The zero-order valence-electron chi connectivity index (χ0n) is 7.10. The van der Waals surface area contributed by atoms with Gasteiger partial charge in [0.05, 0.1) is 6.04 Å².